The first-order chi connectivity index (χ1) is 19.0. The smallest absolute Gasteiger partial charge is 0.306 e. The molecule has 3 saturated carbocycles. The molecule has 1 aromatic heterocycles. The van der Waals surface area contributed by atoms with E-state index >= 15 is 0 Å². The van der Waals surface area contributed by atoms with E-state index in [1.807, 2.05) is 13.0 Å². The Morgan fingerprint density at radius 3 is 2.67 bits per heavy atom. The fraction of sp³-hybridized carbons (Fsp3) is 0.645. The van der Waals surface area contributed by atoms with E-state index in [1.165, 1.54) is 0 Å². The maximum atomic E-state index is 13.4. The predicted molar refractivity (Wildman–Crippen MR) is 144 cm³/mol. The average Bonchev–Trinajstić information content (AvgIpc) is 3.20. The van der Waals surface area contributed by atoms with Crippen LogP contribution in [0.1, 0.15) is 77.3 Å². The molecule has 0 bridgehead atoms. The van der Waals surface area contributed by atoms with Crippen LogP contribution in [0.2, 0.25) is 0 Å². The van der Waals surface area contributed by atoms with Crippen LogP contribution in [0.15, 0.2) is 36.0 Å². The van der Waals surface area contributed by atoms with E-state index in [4.69, 9.17) is 4.74 Å². The van der Waals surface area contributed by atoms with Crippen molar-refractivity contribution in [1.82, 2.24) is 10.3 Å². The number of amides is 1. The van der Waals surface area contributed by atoms with Gasteiger partial charge in [-0.05, 0) is 79.9 Å². The molecular weight excluding hydrogens is 512 g/mol. The lowest BCUT2D eigenvalue weighted by Crippen LogP contribution is -2.62. The number of aliphatic hydroxyl groups excluding tert-OH is 1. The van der Waals surface area contributed by atoms with Crippen LogP contribution in [0.4, 0.5) is 0 Å². The summed E-state index contributed by atoms with van der Waals surface area (Å²) in [4.78, 5) is 54.0. The Bertz CT molecular complexity index is 1220. The molecule has 3 fully saturated rings. The van der Waals surface area contributed by atoms with Crippen molar-refractivity contribution in [3.63, 3.8) is 0 Å². The summed E-state index contributed by atoms with van der Waals surface area (Å²) in [5.74, 6) is -1.24. The standard InChI is InChI=1S/C31H40N2O7/c1-29-12-10-21(34)15-19(29)6-7-22-23-11-13-31(39,30(23,2)16-24(35)28(22)29)25(36)18-40-27(38)9-8-26(37)33-17-20-5-3-4-14-32-20/h3-5,14-15,22-24,28,35,39H,6-13,16-18H2,1-2H3,(H,33,37)/t22?,23?,24?,28?,29-,30-,31-/m0/s1. The van der Waals surface area contributed by atoms with Gasteiger partial charge in [0, 0.05) is 24.5 Å². The largest absolute Gasteiger partial charge is 0.458 e. The van der Waals surface area contributed by atoms with Crippen LogP contribution in [-0.4, -0.2) is 57.0 Å². The first-order valence-electron chi connectivity index (χ1n) is 14.5. The zero-order chi connectivity index (χ0) is 28.7. The van der Waals surface area contributed by atoms with Crippen molar-refractivity contribution in [2.24, 2.45) is 28.6 Å². The summed E-state index contributed by atoms with van der Waals surface area (Å²) in [5.41, 5.74) is -0.961. The molecule has 0 aliphatic heterocycles. The molecule has 0 aromatic carbocycles. The summed E-state index contributed by atoms with van der Waals surface area (Å²) in [6, 6.07) is 5.38. The highest BCUT2D eigenvalue weighted by Gasteiger charge is 2.68. The minimum Gasteiger partial charge on any atom is -0.458 e. The van der Waals surface area contributed by atoms with Gasteiger partial charge in [0.1, 0.15) is 5.60 Å². The van der Waals surface area contributed by atoms with Gasteiger partial charge in [-0.1, -0.05) is 25.5 Å². The van der Waals surface area contributed by atoms with Gasteiger partial charge < -0.3 is 20.3 Å². The lowest BCUT2D eigenvalue weighted by Gasteiger charge is -2.60. The van der Waals surface area contributed by atoms with Crippen LogP contribution in [0.25, 0.3) is 0 Å². The molecule has 0 saturated heterocycles. The second-order valence-corrected chi connectivity index (χ2v) is 12.7. The lowest BCUT2D eigenvalue weighted by atomic mass is 9.45. The number of nitrogens with one attached hydrogen (secondary N) is 1. The summed E-state index contributed by atoms with van der Waals surface area (Å²) >= 11 is 0. The van der Waals surface area contributed by atoms with Crippen LogP contribution in [0, 0.1) is 28.6 Å². The summed E-state index contributed by atoms with van der Waals surface area (Å²) < 4.78 is 5.21. The number of hydrogen-bond donors (Lipinski definition) is 3. The van der Waals surface area contributed by atoms with E-state index < -0.39 is 35.5 Å². The van der Waals surface area contributed by atoms with E-state index in [0.29, 0.717) is 18.5 Å². The van der Waals surface area contributed by atoms with Gasteiger partial charge >= 0.3 is 5.97 Å². The van der Waals surface area contributed by atoms with Gasteiger partial charge in [0.05, 0.1) is 24.8 Å². The van der Waals surface area contributed by atoms with Gasteiger partial charge in [-0.2, -0.15) is 0 Å². The van der Waals surface area contributed by atoms with Crippen LogP contribution >= 0.6 is 0 Å². The maximum Gasteiger partial charge on any atom is 0.306 e. The molecule has 9 nitrogen and oxygen atoms in total. The molecule has 0 spiro atoms. The topological polar surface area (TPSA) is 143 Å². The van der Waals surface area contributed by atoms with Crippen LogP contribution in [0.3, 0.4) is 0 Å². The molecule has 1 amide bonds. The third-order valence-electron chi connectivity index (χ3n) is 10.6. The predicted octanol–water partition coefficient (Wildman–Crippen LogP) is 2.82. The number of ketones is 2. The Hall–Kier alpha value is -2.91. The normalized spacial score (nSPS) is 36.5. The van der Waals surface area contributed by atoms with Crippen molar-refractivity contribution in [3.05, 3.63) is 41.7 Å². The van der Waals surface area contributed by atoms with Crippen molar-refractivity contribution in [1.29, 1.82) is 0 Å². The molecule has 4 unspecified atom stereocenters. The van der Waals surface area contributed by atoms with Crippen molar-refractivity contribution in [2.45, 2.75) is 89.9 Å². The van der Waals surface area contributed by atoms with E-state index in [-0.39, 0.29) is 67.1 Å². The molecule has 4 aliphatic carbocycles. The zero-order valence-corrected chi connectivity index (χ0v) is 23.4. The van der Waals surface area contributed by atoms with Gasteiger partial charge in [-0.25, -0.2) is 0 Å². The first-order valence-corrected chi connectivity index (χ1v) is 14.5. The fourth-order valence-corrected chi connectivity index (χ4v) is 8.48. The van der Waals surface area contributed by atoms with Crippen molar-refractivity contribution < 1.29 is 34.1 Å². The number of rotatable bonds is 8. The zero-order valence-electron chi connectivity index (χ0n) is 23.4. The number of hydrogen-bond acceptors (Lipinski definition) is 8. The number of carbonyl (C=O) groups excluding carboxylic acids is 4. The van der Waals surface area contributed by atoms with Crippen LogP contribution in [-0.2, 0) is 30.5 Å². The quantitative estimate of drug-likeness (QED) is 0.418. The number of ether oxygens (including phenoxy) is 1. The number of pyridine rings is 1. The van der Waals surface area contributed by atoms with E-state index in [2.05, 4.69) is 17.2 Å². The molecule has 4 aliphatic rings. The molecule has 9 heteroatoms. The molecule has 1 aromatic rings. The second kappa shape index (κ2) is 10.8. The average molecular weight is 553 g/mol. The Balaban J connectivity index is 1.18. The Kier molecular flexibility index (Phi) is 7.74. The maximum absolute atomic E-state index is 13.4. The minimum absolute atomic E-state index is 0.0160. The van der Waals surface area contributed by atoms with E-state index in [1.54, 1.807) is 24.4 Å². The highest BCUT2D eigenvalue weighted by molar-refractivity contribution is 5.92. The van der Waals surface area contributed by atoms with Crippen LogP contribution in [0.5, 0.6) is 0 Å². The molecule has 40 heavy (non-hydrogen) atoms. The number of nitrogens with zero attached hydrogens (tertiary/aromatic N) is 1. The number of esters is 1. The summed E-state index contributed by atoms with van der Waals surface area (Å²) in [5, 5.41) is 26.0. The third-order valence-corrected chi connectivity index (χ3v) is 10.6. The number of aromatic nitrogens is 1. The van der Waals surface area contributed by atoms with Crippen molar-refractivity contribution in [2.75, 3.05) is 6.61 Å². The van der Waals surface area contributed by atoms with Gasteiger partial charge in [-0.15, -0.1) is 0 Å². The molecule has 7 atom stereocenters. The van der Waals surface area contributed by atoms with Gasteiger partial charge in [-0.3, -0.25) is 24.2 Å². The van der Waals surface area contributed by atoms with E-state index in [0.717, 1.165) is 24.8 Å². The second-order valence-electron chi connectivity index (χ2n) is 12.7. The summed E-state index contributed by atoms with van der Waals surface area (Å²) in [6.07, 6.45) is 6.45. The molecule has 3 N–H and O–H groups in total. The van der Waals surface area contributed by atoms with Crippen molar-refractivity contribution in [3.8, 4) is 0 Å². The number of carbonyl (C=O) groups is 4. The highest BCUT2D eigenvalue weighted by atomic mass is 16.5. The number of Topliss-reactive ketones (excluding diaryl/α,β-unsaturated/α-hetero) is 1. The number of aliphatic hydroxyl groups is 2. The highest BCUT2D eigenvalue weighted by Crippen LogP contribution is 2.67. The monoisotopic (exact) mass is 552 g/mol. The third kappa shape index (κ3) is 4.91. The molecule has 0 radical (unpaired) electrons. The Morgan fingerprint density at radius 2 is 1.93 bits per heavy atom. The number of fused-ring (bicyclic) bond motifs is 5. The summed E-state index contributed by atoms with van der Waals surface area (Å²) in [6.45, 7) is 3.75. The van der Waals surface area contributed by atoms with E-state index in [9.17, 15) is 29.4 Å². The molecular formula is C31H40N2O7. The Labute approximate surface area is 234 Å². The first kappa shape index (κ1) is 28.6. The molecule has 216 valence electrons. The SMILES string of the molecule is C[C@]12CCC(=O)C=C1CCC1C2C(O)C[C@@]2(C)C1CC[C@]2(O)C(=O)COC(=O)CCC(=O)NCc1ccccn1. The van der Waals surface area contributed by atoms with Crippen LogP contribution < -0.4 is 5.32 Å². The van der Waals surface area contributed by atoms with Gasteiger partial charge in [0.2, 0.25) is 11.7 Å². The van der Waals surface area contributed by atoms with Gasteiger partial charge in [0.25, 0.3) is 0 Å². The fourth-order valence-electron chi connectivity index (χ4n) is 8.48. The number of allylic oxidation sites excluding steroid dienone is 1. The molecule has 5 rings (SSSR count). The summed E-state index contributed by atoms with van der Waals surface area (Å²) in [7, 11) is 0. The molecule has 1 heterocycles. The van der Waals surface area contributed by atoms with Gasteiger partial charge in [0.15, 0.2) is 12.4 Å². The Morgan fingerprint density at radius 1 is 1.12 bits per heavy atom. The van der Waals surface area contributed by atoms with Crippen molar-refractivity contribution >= 4 is 23.4 Å². The minimum atomic E-state index is -1.70. The lowest BCUT2D eigenvalue weighted by molar-refractivity contribution is -0.184.